The largest absolute Gasteiger partial charge is 0.330 e. The molecule has 0 aromatic carbocycles. The highest BCUT2D eigenvalue weighted by Crippen LogP contribution is 2.13. The van der Waals surface area contributed by atoms with Gasteiger partial charge in [-0.3, -0.25) is 9.38 Å². The summed E-state index contributed by atoms with van der Waals surface area (Å²) in [5.41, 5.74) is 7.12. The summed E-state index contributed by atoms with van der Waals surface area (Å²) in [4.78, 5) is 8.34. The zero-order valence-electron chi connectivity index (χ0n) is 6.94. The second kappa shape index (κ2) is 3.32. The number of hydrogen-bond donors (Lipinski definition) is 1. The molecule has 0 aliphatic rings. The molecule has 0 aliphatic heterocycles. The Kier molecular flexibility index (Phi) is 2.16. The highest BCUT2D eigenvalue weighted by molar-refractivity contribution is 6.29. The van der Waals surface area contributed by atoms with Crippen LogP contribution in [0.4, 0.5) is 0 Å². The number of rotatable bonds is 2. The standard InChI is InChI=1S/C8H9ClN4/c9-7-5-12-8-6(1-2-10)11-3-4-13(7)8/h3-5H,1-2,10H2. The second-order valence-corrected chi connectivity index (χ2v) is 3.07. The molecule has 2 heterocycles. The first-order valence-electron chi connectivity index (χ1n) is 3.99. The third-order valence-electron chi connectivity index (χ3n) is 1.84. The van der Waals surface area contributed by atoms with E-state index in [0.717, 1.165) is 17.8 Å². The van der Waals surface area contributed by atoms with Crippen molar-refractivity contribution in [2.24, 2.45) is 5.73 Å². The van der Waals surface area contributed by atoms with E-state index in [-0.39, 0.29) is 0 Å². The van der Waals surface area contributed by atoms with Crippen LogP contribution in [0.25, 0.3) is 5.65 Å². The first kappa shape index (κ1) is 8.47. The molecular formula is C8H9ClN4. The van der Waals surface area contributed by atoms with Crippen LogP contribution in [0.5, 0.6) is 0 Å². The lowest BCUT2D eigenvalue weighted by Crippen LogP contribution is -2.06. The van der Waals surface area contributed by atoms with Gasteiger partial charge >= 0.3 is 0 Å². The van der Waals surface area contributed by atoms with Gasteiger partial charge in [0.15, 0.2) is 5.65 Å². The van der Waals surface area contributed by atoms with E-state index in [2.05, 4.69) is 9.97 Å². The van der Waals surface area contributed by atoms with Crippen molar-refractivity contribution in [3.05, 3.63) is 29.4 Å². The molecule has 2 aromatic rings. The minimum Gasteiger partial charge on any atom is -0.330 e. The van der Waals surface area contributed by atoms with Crippen LogP contribution >= 0.6 is 11.6 Å². The fraction of sp³-hybridized carbons (Fsp3) is 0.250. The number of aromatic nitrogens is 3. The van der Waals surface area contributed by atoms with Crippen molar-refractivity contribution in [3.63, 3.8) is 0 Å². The molecule has 0 spiro atoms. The predicted molar refractivity (Wildman–Crippen MR) is 50.8 cm³/mol. The molecule has 0 aliphatic carbocycles. The zero-order chi connectivity index (χ0) is 9.26. The van der Waals surface area contributed by atoms with Crippen LogP contribution in [0.3, 0.4) is 0 Å². The van der Waals surface area contributed by atoms with E-state index in [9.17, 15) is 0 Å². The molecule has 2 rings (SSSR count). The Balaban J connectivity index is 2.63. The van der Waals surface area contributed by atoms with Gasteiger partial charge < -0.3 is 5.73 Å². The third-order valence-corrected chi connectivity index (χ3v) is 2.12. The second-order valence-electron chi connectivity index (χ2n) is 2.69. The van der Waals surface area contributed by atoms with Crippen molar-refractivity contribution < 1.29 is 0 Å². The summed E-state index contributed by atoms with van der Waals surface area (Å²) in [6.45, 7) is 0.567. The number of imidazole rings is 1. The SMILES string of the molecule is NCCc1nccn2c(Cl)cnc12. The number of halogens is 1. The van der Waals surface area contributed by atoms with Crippen molar-refractivity contribution >= 4 is 17.2 Å². The number of hydrogen-bond acceptors (Lipinski definition) is 3. The minimum absolute atomic E-state index is 0.567. The van der Waals surface area contributed by atoms with Crippen LogP contribution in [-0.4, -0.2) is 20.9 Å². The van der Waals surface area contributed by atoms with E-state index in [1.54, 1.807) is 23.0 Å². The van der Waals surface area contributed by atoms with Crippen LogP contribution in [0.15, 0.2) is 18.6 Å². The Morgan fingerprint density at radius 3 is 3.08 bits per heavy atom. The van der Waals surface area contributed by atoms with Crippen molar-refractivity contribution in [3.8, 4) is 0 Å². The van der Waals surface area contributed by atoms with E-state index in [4.69, 9.17) is 17.3 Å². The normalized spacial score (nSPS) is 10.9. The zero-order valence-corrected chi connectivity index (χ0v) is 7.70. The number of fused-ring (bicyclic) bond motifs is 1. The van der Waals surface area contributed by atoms with Crippen LogP contribution < -0.4 is 5.73 Å². The van der Waals surface area contributed by atoms with Crippen LogP contribution in [-0.2, 0) is 6.42 Å². The number of nitrogens with two attached hydrogens (primary N) is 1. The van der Waals surface area contributed by atoms with Crippen molar-refractivity contribution in [2.75, 3.05) is 6.54 Å². The average molecular weight is 197 g/mol. The lowest BCUT2D eigenvalue weighted by Gasteiger charge is -2.00. The van der Waals surface area contributed by atoms with Gasteiger partial charge in [-0.1, -0.05) is 11.6 Å². The smallest absolute Gasteiger partial charge is 0.159 e. The van der Waals surface area contributed by atoms with Crippen LogP contribution in [0, 0.1) is 0 Å². The molecule has 13 heavy (non-hydrogen) atoms. The molecule has 2 N–H and O–H groups in total. The van der Waals surface area contributed by atoms with E-state index in [1.165, 1.54) is 0 Å². The van der Waals surface area contributed by atoms with Crippen molar-refractivity contribution in [2.45, 2.75) is 6.42 Å². The fourth-order valence-corrected chi connectivity index (χ4v) is 1.44. The quantitative estimate of drug-likeness (QED) is 0.776. The molecule has 0 fully saturated rings. The average Bonchev–Trinajstić information content (AvgIpc) is 2.50. The van der Waals surface area contributed by atoms with Gasteiger partial charge in [0, 0.05) is 18.8 Å². The van der Waals surface area contributed by atoms with E-state index >= 15 is 0 Å². The third kappa shape index (κ3) is 1.38. The topological polar surface area (TPSA) is 56.2 Å². The maximum absolute atomic E-state index is 5.89. The lowest BCUT2D eigenvalue weighted by molar-refractivity contribution is 0.910. The molecule has 68 valence electrons. The molecule has 0 radical (unpaired) electrons. The Labute approximate surface area is 80.4 Å². The van der Waals surface area contributed by atoms with E-state index in [0.29, 0.717) is 11.7 Å². The molecule has 0 bridgehead atoms. The van der Waals surface area contributed by atoms with E-state index < -0.39 is 0 Å². The monoisotopic (exact) mass is 196 g/mol. The Hall–Kier alpha value is -1.13. The van der Waals surface area contributed by atoms with Gasteiger partial charge in [0.25, 0.3) is 0 Å². The first-order valence-corrected chi connectivity index (χ1v) is 4.37. The van der Waals surface area contributed by atoms with Crippen LogP contribution in [0.1, 0.15) is 5.69 Å². The molecule has 0 atom stereocenters. The van der Waals surface area contributed by atoms with Gasteiger partial charge in [-0.2, -0.15) is 0 Å². The highest BCUT2D eigenvalue weighted by Gasteiger charge is 2.05. The van der Waals surface area contributed by atoms with Gasteiger partial charge in [-0.05, 0) is 6.54 Å². The Bertz CT molecular complexity index is 423. The van der Waals surface area contributed by atoms with Gasteiger partial charge in [0.2, 0.25) is 0 Å². The first-order chi connectivity index (χ1) is 6.33. The molecule has 0 amide bonds. The summed E-state index contributed by atoms with van der Waals surface area (Å²) >= 11 is 5.89. The summed E-state index contributed by atoms with van der Waals surface area (Å²) in [7, 11) is 0. The van der Waals surface area contributed by atoms with Gasteiger partial charge in [0.05, 0.1) is 11.9 Å². The molecule has 0 unspecified atom stereocenters. The molecule has 2 aromatic heterocycles. The summed E-state index contributed by atoms with van der Waals surface area (Å²) < 4.78 is 1.79. The predicted octanol–water partition coefficient (Wildman–Crippen LogP) is 0.884. The summed E-state index contributed by atoms with van der Waals surface area (Å²) in [5.74, 6) is 0. The molecule has 4 nitrogen and oxygen atoms in total. The van der Waals surface area contributed by atoms with Crippen molar-refractivity contribution in [1.29, 1.82) is 0 Å². The number of nitrogens with zero attached hydrogens (tertiary/aromatic N) is 3. The maximum atomic E-state index is 5.89. The molecule has 0 saturated heterocycles. The van der Waals surface area contributed by atoms with Crippen LogP contribution in [0.2, 0.25) is 5.15 Å². The summed E-state index contributed by atoms with van der Waals surface area (Å²) in [5, 5.41) is 0.593. The maximum Gasteiger partial charge on any atom is 0.159 e. The van der Waals surface area contributed by atoms with Gasteiger partial charge in [-0.25, -0.2) is 4.98 Å². The summed E-state index contributed by atoms with van der Waals surface area (Å²) in [6.07, 6.45) is 5.81. The minimum atomic E-state index is 0.567. The van der Waals surface area contributed by atoms with E-state index in [1.807, 2.05) is 0 Å². The lowest BCUT2D eigenvalue weighted by atomic mass is 10.3. The Morgan fingerprint density at radius 1 is 1.46 bits per heavy atom. The highest BCUT2D eigenvalue weighted by atomic mass is 35.5. The molecular weight excluding hydrogens is 188 g/mol. The Morgan fingerprint density at radius 2 is 2.31 bits per heavy atom. The van der Waals surface area contributed by atoms with Gasteiger partial charge in [-0.15, -0.1) is 0 Å². The molecule has 5 heteroatoms. The van der Waals surface area contributed by atoms with Crippen molar-refractivity contribution in [1.82, 2.24) is 14.4 Å². The summed E-state index contributed by atoms with van der Waals surface area (Å²) in [6, 6.07) is 0. The molecule has 0 saturated carbocycles. The fourth-order valence-electron chi connectivity index (χ4n) is 1.26. The van der Waals surface area contributed by atoms with Gasteiger partial charge in [0.1, 0.15) is 5.15 Å².